The number of carbonyl (C=O) groups excluding carboxylic acids is 1. The minimum absolute atomic E-state index is 0.0555. The summed E-state index contributed by atoms with van der Waals surface area (Å²) in [6, 6.07) is 12.0. The summed E-state index contributed by atoms with van der Waals surface area (Å²) in [5, 5.41) is 0.752. The highest BCUT2D eigenvalue weighted by atomic mass is 79.9. The number of amides is 1. The van der Waals surface area contributed by atoms with Crippen LogP contribution < -0.4 is 5.56 Å². The fraction of sp³-hybridized carbons (Fsp3) is 0.150. The van der Waals surface area contributed by atoms with E-state index >= 15 is 0 Å². The van der Waals surface area contributed by atoms with E-state index in [1.54, 1.807) is 29.2 Å². The summed E-state index contributed by atoms with van der Waals surface area (Å²) in [5.74, 6) is -0.204. The second-order valence-electron chi connectivity index (χ2n) is 6.53. The van der Waals surface area contributed by atoms with Gasteiger partial charge in [0.1, 0.15) is 0 Å². The molecule has 1 aromatic heterocycles. The van der Waals surface area contributed by atoms with Crippen LogP contribution in [0.2, 0.25) is 15.3 Å². The molecule has 0 aliphatic carbocycles. The van der Waals surface area contributed by atoms with Gasteiger partial charge in [-0.2, -0.15) is 0 Å². The minimum atomic E-state index is -0.219. The van der Waals surface area contributed by atoms with Crippen molar-refractivity contribution in [1.29, 1.82) is 0 Å². The average molecular weight is 514 g/mol. The van der Waals surface area contributed by atoms with Gasteiger partial charge in [-0.25, -0.2) is 4.98 Å². The third-order valence-corrected chi connectivity index (χ3v) is 6.25. The normalized spacial score (nSPS) is 13.3. The van der Waals surface area contributed by atoms with Crippen molar-refractivity contribution >= 4 is 56.6 Å². The molecule has 9 heteroatoms. The van der Waals surface area contributed by atoms with Crippen LogP contribution in [0.1, 0.15) is 21.6 Å². The molecule has 0 atom stereocenters. The van der Waals surface area contributed by atoms with Crippen LogP contribution >= 0.6 is 50.7 Å². The Morgan fingerprint density at radius 2 is 1.76 bits per heavy atom. The Kier molecular flexibility index (Phi) is 5.71. The lowest BCUT2D eigenvalue weighted by molar-refractivity contribution is 0.0731. The van der Waals surface area contributed by atoms with Gasteiger partial charge in [-0.15, -0.1) is 0 Å². The maximum atomic E-state index is 13.0. The maximum Gasteiger partial charge on any atom is 0.262 e. The van der Waals surface area contributed by atoms with Crippen molar-refractivity contribution in [3.8, 4) is 5.69 Å². The largest absolute Gasteiger partial charge is 0.332 e. The van der Waals surface area contributed by atoms with Gasteiger partial charge in [0.25, 0.3) is 11.5 Å². The number of nitrogens with zero attached hydrogens (tertiary/aromatic N) is 3. The van der Waals surface area contributed by atoms with E-state index < -0.39 is 0 Å². The van der Waals surface area contributed by atoms with Crippen molar-refractivity contribution < 1.29 is 4.79 Å². The number of rotatable bonds is 2. The van der Waals surface area contributed by atoms with E-state index in [9.17, 15) is 9.59 Å². The maximum absolute atomic E-state index is 13.0. The molecule has 0 saturated heterocycles. The van der Waals surface area contributed by atoms with E-state index in [0.29, 0.717) is 45.5 Å². The molecule has 3 aromatic rings. The minimum Gasteiger partial charge on any atom is -0.332 e. The van der Waals surface area contributed by atoms with Gasteiger partial charge in [-0.3, -0.25) is 14.2 Å². The van der Waals surface area contributed by atoms with Crippen LogP contribution in [0.25, 0.3) is 5.69 Å². The molecule has 2 aromatic carbocycles. The molecule has 0 fully saturated rings. The average Bonchev–Trinajstić information content (AvgIpc) is 2.70. The molecule has 5 nitrogen and oxygen atoms in total. The zero-order chi connectivity index (χ0) is 20.7. The van der Waals surface area contributed by atoms with E-state index in [4.69, 9.17) is 34.8 Å². The van der Waals surface area contributed by atoms with Gasteiger partial charge in [0, 0.05) is 22.1 Å². The highest BCUT2D eigenvalue weighted by molar-refractivity contribution is 9.10. The Morgan fingerprint density at radius 3 is 2.45 bits per heavy atom. The standard InChI is InChI=1S/C20H13BrCl3N3O2/c21-12-2-4-13(5-3-12)27-19(29)14-7-8-26(10-17(14)25-20(27)24)18(28)11-1-6-15(22)16(23)9-11/h1-6,9H,7-8,10H2. The SMILES string of the molecule is O=C(c1ccc(Cl)c(Cl)c1)N1CCc2c(nc(Cl)n(-c3ccc(Br)cc3)c2=O)C1. The number of benzene rings is 2. The van der Waals surface area contributed by atoms with Gasteiger partial charge in [0.05, 0.1) is 28.0 Å². The second kappa shape index (κ2) is 8.11. The molecule has 1 aliphatic rings. The highest BCUT2D eigenvalue weighted by Gasteiger charge is 2.27. The first-order valence-corrected chi connectivity index (χ1v) is 10.6. The Morgan fingerprint density at radius 1 is 1.03 bits per heavy atom. The number of hydrogen-bond acceptors (Lipinski definition) is 3. The van der Waals surface area contributed by atoms with E-state index in [1.807, 2.05) is 12.1 Å². The molecule has 0 N–H and O–H groups in total. The molecular weight excluding hydrogens is 501 g/mol. The number of carbonyl (C=O) groups is 1. The smallest absolute Gasteiger partial charge is 0.262 e. The number of halogens is 4. The molecule has 148 valence electrons. The van der Waals surface area contributed by atoms with Gasteiger partial charge in [-0.05, 0) is 60.5 Å². The summed E-state index contributed by atoms with van der Waals surface area (Å²) >= 11 is 21.7. The summed E-state index contributed by atoms with van der Waals surface area (Å²) in [4.78, 5) is 31.9. The highest BCUT2D eigenvalue weighted by Crippen LogP contribution is 2.25. The van der Waals surface area contributed by atoms with E-state index in [1.165, 1.54) is 10.6 Å². The first-order valence-electron chi connectivity index (χ1n) is 8.65. The molecule has 0 unspecified atom stereocenters. The third kappa shape index (κ3) is 3.94. The Labute approximate surface area is 190 Å². The second-order valence-corrected chi connectivity index (χ2v) is 8.60. The first kappa shape index (κ1) is 20.4. The Balaban J connectivity index is 1.67. The van der Waals surface area contributed by atoms with Crippen molar-refractivity contribution in [1.82, 2.24) is 14.5 Å². The van der Waals surface area contributed by atoms with Gasteiger partial charge in [0.15, 0.2) is 0 Å². The lowest BCUT2D eigenvalue weighted by Gasteiger charge is -2.28. The van der Waals surface area contributed by atoms with Crippen molar-refractivity contribution in [3.05, 3.63) is 89.4 Å². The topological polar surface area (TPSA) is 55.2 Å². The quantitative estimate of drug-likeness (QED) is 0.445. The Bertz CT molecular complexity index is 1180. The molecular formula is C20H13BrCl3N3O2. The van der Waals surface area contributed by atoms with E-state index in [2.05, 4.69) is 20.9 Å². The zero-order valence-corrected chi connectivity index (χ0v) is 18.7. The van der Waals surface area contributed by atoms with Gasteiger partial charge in [-0.1, -0.05) is 39.1 Å². The van der Waals surface area contributed by atoms with Crippen molar-refractivity contribution in [2.45, 2.75) is 13.0 Å². The molecule has 0 bridgehead atoms. The predicted octanol–water partition coefficient (Wildman–Crippen LogP) is 5.15. The van der Waals surface area contributed by atoms with E-state index in [-0.39, 0.29) is 23.3 Å². The molecule has 1 amide bonds. The summed E-state index contributed by atoms with van der Waals surface area (Å²) in [5.41, 5.74) is 1.91. The van der Waals surface area contributed by atoms with Crippen LogP contribution in [0, 0.1) is 0 Å². The van der Waals surface area contributed by atoms with Crippen molar-refractivity contribution in [2.75, 3.05) is 6.54 Å². The first-order chi connectivity index (χ1) is 13.8. The fourth-order valence-electron chi connectivity index (χ4n) is 3.26. The van der Waals surface area contributed by atoms with Crippen LogP contribution in [0.4, 0.5) is 0 Å². The summed E-state index contributed by atoms with van der Waals surface area (Å²) < 4.78 is 2.27. The molecule has 0 saturated carbocycles. The lowest BCUT2D eigenvalue weighted by Crippen LogP contribution is -2.40. The summed E-state index contributed by atoms with van der Waals surface area (Å²) in [7, 11) is 0. The molecule has 0 spiro atoms. The van der Waals surface area contributed by atoms with Crippen LogP contribution in [-0.4, -0.2) is 26.9 Å². The van der Waals surface area contributed by atoms with Gasteiger partial charge >= 0.3 is 0 Å². The molecule has 29 heavy (non-hydrogen) atoms. The molecule has 1 aliphatic heterocycles. The molecule has 0 radical (unpaired) electrons. The monoisotopic (exact) mass is 511 g/mol. The number of aromatic nitrogens is 2. The van der Waals surface area contributed by atoms with Gasteiger partial charge < -0.3 is 4.90 Å². The predicted molar refractivity (Wildman–Crippen MR) is 117 cm³/mol. The van der Waals surface area contributed by atoms with Crippen LogP contribution in [0.15, 0.2) is 51.7 Å². The van der Waals surface area contributed by atoms with Gasteiger partial charge in [0.2, 0.25) is 5.28 Å². The number of hydrogen-bond donors (Lipinski definition) is 0. The van der Waals surface area contributed by atoms with Crippen molar-refractivity contribution in [2.24, 2.45) is 0 Å². The summed E-state index contributed by atoms with van der Waals surface area (Å²) in [6.45, 7) is 0.593. The third-order valence-electron chi connectivity index (χ3n) is 4.73. The molecule has 2 heterocycles. The Hall–Kier alpha value is -1.86. The van der Waals surface area contributed by atoms with Crippen LogP contribution in [0.5, 0.6) is 0 Å². The fourth-order valence-corrected chi connectivity index (χ4v) is 4.10. The van der Waals surface area contributed by atoms with E-state index in [0.717, 1.165) is 4.47 Å². The van der Waals surface area contributed by atoms with Crippen LogP contribution in [0.3, 0.4) is 0 Å². The van der Waals surface area contributed by atoms with Crippen LogP contribution in [-0.2, 0) is 13.0 Å². The molecule has 4 rings (SSSR count). The lowest BCUT2D eigenvalue weighted by atomic mass is 10.0. The zero-order valence-electron chi connectivity index (χ0n) is 14.8. The summed E-state index contributed by atoms with van der Waals surface area (Å²) in [6.07, 6.45) is 0.391. The number of fused-ring (bicyclic) bond motifs is 1. The van der Waals surface area contributed by atoms with Crippen molar-refractivity contribution in [3.63, 3.8) is 0 Å².